The molecule has 1 heterocycles. The minimum atomic E-state index is -0.211. The van der Waals surface area contributed by atoms with Crippen LogP contribution in [0.1, 0.15) is 18.1 Å². The van der Waals surface area contributed by atoms with Gasteiger partial charge < -0.3 is 4.74 Å². The standard InChI is InChI=1S/C14H18OS/c1-4-15-14-11(2)9-13(10-12(14)3)16-7-5-6-8-16/h5-10,16H,4H2,1-3H3. The molecule has 1 aliphatic heterocycles. The largest absolute Gasteiger partial charge is 0.493 e. The molecule has 0 radical (unpaired) electrons. The van der Waals surface area contributed by atoms with Crippen molar-refractivity contribution in [3.05, 3.63) is 46.2 Å². The third-order valence-corrected chi connectivity index (χ3v) is 4.48. The van der Waals surface area contributed by atoms with Gasteiger partial charge in [-0.25, -0.2) is 0 Å². The Morgan fingerprint density at radius 1 is 1.06 bits per heavy atom. The molecule has 0 saturated carbocycles. The zero-order valence-corrected chi connectivity index (χ0v) is 10.9. The second kappa shape index (κ2) is 4.79. The van der Waals surface area contributed by atoms with Crippen LogP contribution in [-0.2, 0) is 0 Å². The van der Waals surface area contributed by atoms with E-state index in [4.69, 9.17) is 4.74 Å². The molecule has 0 spiro atoms. The minimum Gasteiger partial charge on any atom is -0.493 e. The molecule has 0 N–H and O–H groups in total. The Bertz CT molecular complexity index is 411. The lowest BCUT2D eigenvalue weighted by molar-refractivity contribution is 0.335. The normalized spacial score (nSPS) is 15.8. The van der Waals surface area contributed by atoms with Gasteiger partial charge in [0, 0.05) is 0 Å². The summed E-state index contributed by atoms with van der Waals surface area (Å²) in [5, 5.41) is 4.56. The molecule has 1 nitrogen and oxygen atoms in total. The van der Waals surface area contributed by atoms with E-state index in [1.165, 1.54) is 16.0 Å². The summed E-state index contributed by atoms with van der Waals surface area (Å²) < 4.78 is 5.66. The van der Waals surface area contributed by atoms with Crippen LogP contribution in [-0.4, -0.2) is 6.61 Å². The number of ether oxygens (including phenoxy) is 1. The highest BCUT2D eigenvalue weighted by Crippen LogP contribution is 2.44. The van der Waals surface area contributed by atoms with Crippen molar-refractivity contribution >= 4 is 10.9 Å². The van der Waals surface area contributed by atoms with Gasteiger partial charge in [-0.1, -0.05) is 12.2 Å². The summed E-state index contributed by atoms with van der Waals surface area (Å²) in [5.41, 5.74) is 2.49. The maximum atomic E-state index is 5.66. The van der Waals surface area contributed by atoms with Crippen molar-refractivity contribution in [2.24, 2.45) is 0 Å². The van der Waals surface area contributed by atoms with Gasteiger partial charge in [0.25, 0.3) is 0 Å². The Labute approximate surface area is 100 Å². The van der Waals surface area contributed by atoms with Crippen molar-refractivity contribution in [1.29, 1.82) is 0 Å². The summed E-state index contributed by atoms with van der Waals surface area (Å²) >= 11 is 0. The highest BCUT2D eigenvalue weighted by atomic mass is 32.2. The molecular weight excluding hydrogens is 216 g/mol. The van der Waals surface area contributed by atoms with Crippen molar-refractivity contribution in [1.82, 2.24) is 0 Å². The topological polar surface area (TPSA) is 9.23 Å². The van der Waals surface area contributed by atoms with Crippen molar-refractivity contribution in [2.45, 2.75) is 25.7 Å². The first kappa shape index (κ1) is 11.3. The maximum absolute atomic E-state index is 5.66. The van der Waals surface area contributed by atoms with E-state index < -0.39 is 0 Å². The zero-order chi connectivity index (χ0) is 11.5. The number of allylic oxidation sites excluding steroid dienone is 2. The van der Waals surface area contributed by atoms with Crippen LogP contribution >= 0.6 is 10.9 Å². The minimum absolute atomic E-state index is 0.211. The smallest absolute Gasteiger partial charge is 0.125 e. The van der Waals surface area contributed by atoms with E-state index in [9.17, 15) is 0 Å². The van der Waals surface area contributed by atoms with Crippen LogP contribution in [0.4, 0.5) is 0 Å². The monoisotopic (exact) mass is 234 g/mol. The predicted octanol–water partition coefficient (Wildman–Crippen LogP) is 4.10. The number of thiol groups is 1. The van der Waals surface area contributed by atoms with E-state index in [0.29, 0.717) is 0 Å². The molecule has 0 amide bonds. The molecule has 0 saturated heterocycles. The highest BCUT2D eigenvalue weighted by Gasteiger charge is 2.09. The van der Waals surface area contributed by atoms with Crippen LogP contribution in [0.15, 0.2) is 40.0 Å². The maximum Gasteiger partial charge on any atom is 0.125 e. The summed E-state index contributed by atoms with van der Waals surface area (Å²) in [6, 6.07) is 4.51. The average molecular weight is 234 g/mol. The molecule has 0 aliphatic carbocycles. The summed E-state index contributed by atoms with van der Waals surface area (Å²) in [4.78, 5) is 1.42. The van der Waals surface area contributed by atoms with Crippen LogP contribution in [0.5, 0.6) is 5.75 Å². The SMILES string of the molecule is CCOc1c(C)cc([SH]2C=CC=C2)cc1C. The predicted molar refractivity (Wildman–Crippen MR) is 72.6 cm³/mol. The number of hydrogen-bond acceptors (Lipinski definition) is 1. The average Bonchev–Trinajstić information content (AvgIpc) is 2.76. The van der Waals surface area contributed by atoms with Crippen molar-refractivity contribution in [2.75, 3.05) is 6.61 Å². The van der Waals surface area contributed by atoms with Crippen molar-refractivity contribution < 1.29 is 4.74 Å². The van der Waals surface area contributed by atoms with E-state index in [0.717, 1.165) is 12.4 Å². The Hall–Kier alpha value is -1.15. The summed E-state index contributed by atoms with van der Waals surface area (Å²) in [5.74, 6) is 1.05. The molecular formula is C14H18OS. The van der Waals surface area contributed by atoms with Gasteiger partial charge in [-0.15, -0.1) is 0 Å². The number of hydrogen-bond donors (Lipinski definition) is 1. The van der Waals surface area contributed by atoms with E-state index in [-0.39, 0.29) is 10.9 Å². The first-order chi connectivity index (χ1) is 7.72. The lowest BCUT2D eigenvalue weighted by Crippen LogP contribution is -1.97. The molecule has 1 aromatic carbocycles. The van der Waals surface area contributed by atoms with E-state index >= 15 is 0 Å². The fourth-order valence-corrected chi connectivity index (χ4v) is 3.65. The Morgan fingerprint density at radius 3 is 2.12 bits per heavy atom. The molecule has 86 valence electrons. The molecule has 2 heteroatoms. The van der Waals surface area contributed by atoms with E-state index in [1.54, 1.807) is 0 Å². The number of rotatable bonds is 3. The first-order valence-electron chi connectivity index (χ1n) is 5.59. The molecule has 2 rings (SSSR count). The molecule has 0 atom stereocenters. The van der Waals surface area contributed by atoms with Gasteiger partial charge in [0.15, 0.2) is 0 Å². The second-order valence-corrected chi connectivity index (χ2v) is 5.86. The van der Waals surface area contributed by atoms with E-state index in [2.05, 4.69) is 48.9 Å². The highest BCUT2D eigenvalue weighted by molar-refractivity contribution is 8.22. The lowest BCUT2D eigenvalue weighted by atomic mass is 10.1. The summed E-state index contributed by atoms with van der Waals surface area (Å²) in [6.45, 7) is 7.01. The Morgan fingerprint density at radius 2 is 1.62 bits per heavy atom. The zero-order valence-electron chi connectivity index (χ0n) is 10.0. The Balaban J connectivity index is 2.36. The third-order valence-electron chi connectivity index (χ3n) is 2.64. The molecule has 0 fully saturated rings. The number of benzene rings is 1. The van der Waals surface area contributed by atoms with Gasteiger partial charge in [0.1, 0.15) is 5.75 Å². The number of aryl methyl sites for hydroxylation is 2. The van der Waals surface area contributed by atoms with Gasteiger partial charge in [-0.3, -0.25) is 0 Å². The molecule has 16 heavy (non-hydrogen) atoms. The molecule has 1 aliphatic rings. The van der Waals surface area contributed by atoms with Crippen LogP contribution < -0.4 is 4.74 Å². The first-order valence-corrected chi connectivity index (χ1v) is 7.07. The van der Waals surface area contributed by atoms with Crippen LogP contribution in [0.3, 0.4) is 0 Å². The van der Waals surface area contributed by atoms with Crippen LogP contribution in [0.2, 0.25) is 0 Å². The third kappa shape index (κ3) is 2.17. The fourth-order valence-electron chi connectivity index (χ4n) is 1.96. The Kier molecular flexibility index (Phi) is 3.39. The summed E-state index contributed by atoms with van der Waals surface area (Å²) in [6.07, 6.45) is 4.26. The second-order valence-electron chi connectivity index (χ2n) is 3.93. The van der Waals surface area contributed by atoms with Crippen LogP contribution in [0.25, 0.3) is 0 Å². The van der Waals surface area contributed by atoms with Crippen LogP contribution in [0, 0.1) is 13.8 Å². The molecule has 0 bridgehead atoms. The molecule has 0 unspecified atom stereocenters. The molecule has 0 aromatic heterocycles. The van der Waals surface area contributed by atoms with Crippen molar-refractivity contribution in [3.8, 4) is 5.75 Å². The lowest BCUT2D eigenvalue weighted by Gasteiger charge is -2.16. The molecule has 1 aromatic rings. The van der Waals surface area contributed by atoms with Gasteiger partial charge in [-0.05, 0) is 59.7 Å². The fraction of sp³-hybridized carbons (Fsp3) is 0.286. The van der Waals surface area contributed by atoms with Gasteiger partial charge in [0.05, 0.1) is 6.61 Å². The van der Waals surface area contributed by atoms with Gasteiger partial charge in [0.2, 0.25) is 0 Å². The summed E-state index contributed by atoms with van der Waals surface area (Å²) in [7, 11) is -0.211. The van der Waals surface area contributed by atoms with Gasteiger partial charge in [-0.2, -0.15) is 10.9 Å². The van der Waals surface area contributed by atoms with Gasteiger partial charge >= 0.3 is 0 Å². The van der Waals surface area contributed by atoms with Crippen molar-refractivity contribution in [3.63, 3.8) is 0 Å². The van der Waals surface area contributed by atoms with E-state index in [1.807, 2.05) is 6.92 Å². The quantitative estimate of drug-likeness (QED) is 0.775.